The van der Waals surface area contributed by atoms with Gasteiger partial charge < -0.3 is 9.84 Å². The molecule has 4 nitrogen and oxygen atoms in total. The Hall–Kier alpha value is -0.580. The van der Waals surface area contributed by atoms with Crippen LogP contribution in [0, 0.1) is 6.92 Å². The molecule has 1 rings (SSSR count). The molecule has 0 aromatic carbocycles. The summed E-state index contributed by atoms with van der Waals surface area (Å²) >= 11 is 5.86. The van der Waals surface area contributed by atoms with Gasteiger partial charge in [-0.1, -0.05) is 24.9 Å². The summed E-state index contributed by atoms with van der Waals surface area (Å²) in [7, 11) is 0. The van der Waals surface area contributed by atoms with Crippen LogP contribution in [0.15, 0.2) is 6.20 Å². The molecule has 0 spiro atoms. The molecule has 5 heteroatoms. The van der Waals surface area contributed by atoms with Crippen LogP contribution in [0.25, 0.3) is 0 Å². The average Bonchev–Trinajstić information content (AvgIpc) is 2.53. The average molecular weight is 247 g/mol. The molecule has 16 heavy (non-hydrogen) atoms. The summed E-state index contributed by atoms with van der Waals surface area (Å²) in [5.41, 5.74) is 0.778. The highest BCUT2D eigenvalue weighted by atomic mass is 35.5. The SMILES string of the molecule is CCCCOCC(O)Cn1cc(Cl)c(C)n1. The van der Waals surface area contributed by atoms with Crippen molar-refractivity contribution in [2.45, 2.75) is 39.3 Å². The van der Waals surface area contributed by atoms with Crippen LogP contribution in [-0.2, 0) is 11.3 Å². The fourth-order valence-corrected chi connectivity index (χ4v) is 1.47. The van der Waals surface area contributed by atoms with Crippen LogP contribution >= 0.6 is 11.6 Å². The number of aliphatic hydroxyl groups is 1. The molecule has 0 saturated carbocycles. The van der Waals surface area contributed by atoms with Crippen molar-refractivity contribution in [3.05, 3.63) is 16.9 Å². The Morgan fingerprint density at radius 2 is 2.38 bits per heavy atom. The lowest BCUT2D eigenvalue weighted by atomic mass is 10.3. The van der Waals surface area contributed by atoms with E-state index in [-0.39, 0.29) is 0 Å². The molecule has 0 radical (unpaired) electrons. The fraction of sp³-hybridized carbons (Fsp3) is 0.727. The van der Waals surface area contributed by atoms with E-state index in [1.807, 2.05) is 6.92 Å². The number of nitrogens with zero attached hydrogens (tertiary/aromatic N) is 2. The van der Waals surface area contributed by atoms with Crippen molar-refractivity contribution in [2.75, 3.05) is 13.2 Å². The number of hydrogen-bond acceptors (Lipinski definition) is 3. The summed E-state index contributed by atoms with van der Waals surface area (Å²) in [5.74, 6) is 0. The monoisotopic (exact) mass is 246 g/mol. The van der Waals surface area contributed by atoms with Crippen molar-refractivity contribution in [3.63, 3.8) is 0 Å². The minimum absolute atomic E-state index is 0.344. The Balaban J connectivity index is 2.25. The van der Waals surface area contributed by atoms with Gasteiger partial charge in [0.2, 0.25) is 0 Å². The number of halogens is 1. The highest BCUT2D eigenvalue weighted by Crippen LogP contribution is 2.12. The molecule has 0 aliphatic carbocycles. The highest BCUT2D eigenvalue weighted by molar-refractivity contribution is 6.31. The van der Waals surface area contributed by atoms with Crippen molar-refractivity contribution in [1.29, 1.82) is 0 Å². The van der Waals surface area contributed by atoms with Gasteiger partial charge in [-0.2, -0.15) is 5.10 Å². The summed E-state index contributed by atoms with van der Waals surface area (Å²) in [6, 6.07) is 0. The van der Waals surface area contributed by atoms with Gasteiger partial charge in [0.15, 0.2) is 0 Å². The number of unbranched alkanes of at least 4 members (excludes halogenated alkanes) is 1. The van der Waals surface area contributed by atoms with E-state index in [2.05, 4.69) is 12.0 Å². The van der Waals surface area contributed by atoms with Crippen molar-refractivity contribution in [1.82, 2.24) is 9.78 Å². The van der Waals surface area contributed by atoms with Crippen LogP contribution < -0.4 is 0 Å². The number of rotatable bonds is 7. The number of aryl methyl sites for hydroxylation is 1. The lowest BCUT2D eigenvalue weighted by Crippen LogP contribution is -2.22. The second-order valence-corrected chi connectivity index (χ2v) is 4.27. The predicted molar refractivity (Wildman–Crippen MR) is 63.7 cm³/mol. The summed E-state index contributed by atoms with van der Waals surface area (Å²) < 4.78 is 6.97. The first kappa shape index (κ1) is 13.5. The maximum Gasteiger partial charge on any atom is 0.0968 e. The van der Waals surface area contributed by atoms with Gasteiger partial charge in [-0.25, -0.2) is 0 Å². The second kappa shape index (κ2) is 6.89. The second-order valence-electron chi connectivity index (χ2n) is 3.87. The quantitative estimate of drug-likeness (QED) is 0.749. The molecule has 1 aromatic heterocycles. The van der Waals surface area contributed by atoms with Crippen LogP contribution in [0.1, 0.15) is 25.5 Å². The van der Waals surface area contributed by atoms with Crippen LogP contribution in [0.3, 0.4) is 0 Å². The van der Waals surface area contributed by atoms with E-state index >= 15 is 0 Å². The zero-order chi connectivity index (χ0) is 12.0. The van der Waals surface area contributed by atoms with Gasteiger partial charge in [-0.05, 0) is 13.3 Å². The van der Waals surface area contributed by atoms with Gasteiger partial charge in [-0.3, -0.25) is 4.68 Å². The van der Waals surface area contributed by atoms with Gasteiger partial charge in [0.05, 0.1) is 30.0 Å². The minimum Gasteiger partial charge on any atom is -0.389 e. The van der Waals surface area contributed by atoms with E-state index in [0.717, 1.165) is 18.5 Å². The van der Waals surface area contributed by atoms with Crippen molar-refractivity contribution < 1.29 is 9.84 Å². The Bertz CT molecular complexity index is 295. The molecule has 0 bridgehead atoms. The third-order valence-electron chi connectivity index (χ3n) is 2.24. The smallest absolute Gasteiger partial charge is 0.0968 e. The summed E-state index contributed by atoms with van der Waals surface area (Å²) in [6.07, 6.45) is 3.31. The van der Waals surface area contributed by atoms with E-state index in [9.17, 15) is 5.11 Å². The Morgan fingerprint density at radius 3 is 2.94 bits per heavy atom. The lowest BCUT2D eigenvalue weighted by molar-refractivity contribution is 0.0253. The van der Waals surface area contributed by atoms with E-state index < -0.39 is 6.10 Å². The molecule has 0 aliphatic rings. The van der Waals surface area contributed by atoms with Crippen molar-refractivity contribution >= 4 is 11.6 Å². The Kier molecular flexibility index (Phi) is 5.80. The fourth-order valence-electron chi connectivity index (χ4n) is 1.32. The molecule has 0 amide bonds. The van der Waals surface area contributed by atoms with Crippen LogP contribution in [-0.4, -0.2) is 34.2 Å². The summed E-state index contributed by atoms with van der Waals surface area (Å²) in [5, 5.41) is 14.5. The van der Waals surface area contributed by atoms with Crippen LogP contribution in [0.2, 0.25) is 5.02 Å². The molecule has 92 valence electrons. The first-order valence-corrected chi connectivity index (χ1v) is 5.96. The largest absolute Gasteiger partial charge is 0.389 e. The van der Waals surface area contributed by atoms with Crippen LogP contribution in [0.4, 0.5) is 0 Å². The molecular formula is C11H19ClN2O2. The number of aromatic nitrogens is 2. The molecule has 1 N–H and O–H groups in total. The third-order valence-corrected chi connectivity index (χ3v) is 2.61. The standard InChI is InChI=1S/C11H19ClN2O2/c1-3-4-5-16-8-10(15)6-14-7-11(12)9(2)13-14/h7,10,15H,3-6,8H2,1-2H3. The molecule has 0 aliphatic heterocycles. The van der Waals surface area contributed by atoms with E-state index in [0.29, 0.717) is 24.8 Å². The topological polar surface area (TPSA) is 47.3 Å². The summed E-state index contributed by atoms with van der Waals surface area (Å²) in [4.78, 5) is 0. The number of aliphatic hydroxyl groups excluding tert-OH is 1. The van der Waals surface area contributed by atoms with Gasteiger partial charge >= 0.3 is 0 Å². The maximum atomic E-state index is 9.67. The zero-order valence-corrected chi connectivity index (χ0v) is 10.6. The Morgan fingerprint density at radius 1 is 1.62 bits per heavy atom. The highest BCUT2D eigenvalue weighted by Gasteiger charge is 2.08. The van der Waals surface area contributed by atoms with Crippen LogP contribution in [0.5, 0.6) is 0 Å². The first-order valence-electron chi connectivity index (χ1n) is 5.58. The van der Waals surface area contributed by atoms with E-state index in [1.165, 1.54) is 0 Å². The van der Waals surface area contributed by atoms with Gasteiger partial charge in [0.25, 0.3) is 0 Å². The third kappa shape index (κ3) is 4.51. The molecule has 1 atom stereocenters. The normalized spacial score (nSPS) is 13.0. The van der Waals surface area contributed by atoms with Crippen molar-refractivity contribution in [2.24, 2.45) is 0 Å². The van der Waals surface area contributed by atoms with Gasteiger partial charge in [0, 0.05) is 12.8 Å². The number of hydrogen-bond donors (Lipinski definition) is 1. The molecule has 1 aromatic rings. The molecule has 1 heterocycles. The predicted octanol–water partition coefficient (Wildman–Crippen LogP) is 2.02. The first-order chi connectivity index (χ1) is 7.63. The van der Waals surface area contributed by atoms with E-state index in [4.69, 9.17) is 16.3 Å². The van der Waals surface area contributed by atoms with Gasteiger partial charge in [-0.15, -0.1) is 0 Å². The molecule has 0 saturated heterocycles. The molecule has 0 fully saturated rings. The Labute approximate surface area is 101 Å². The number of ether oxygens (including phenoxy) is 1. The lowest BCUT2D eigenvalue weighted by Gasteiger charge is -2.10. The van der Waals surface area contributed by atoms with Gasteiger partial charge in [0.1, 0.15) is 0 Å². The molecular weight excluding hydrogens is 228 g/mol. The van der Waals surface area contributed by atoms with E-state index in [1.54, 1.807) is 10.9 Å². The summed E-state index contributed by atoms with van der Waals surface area (Å²) in [6.45, 7) is 5.40. The van der Waals surface area contributed by atoms with Crippen molar-refractivity contribution in [3.8, 4) is 0 Å². The molecule has 1 unspecified atom stereocenters. The minimum atomic E-state index is -0.535. The zero-order valence-electron chi connectivity index (χ0n) is 9.82. The maximum absolute atomic E-state index is 9.67.